The minimum absolute atomic E-state index is 0.337. The van der Waals surface area contributed by atoms with Gasteiger partial charge in [-0.05, 0) is 6.07 Å². The van der Waals surface area contributed by atoms with E-state index >= 15 is 0 Å². The molecule has 0 spiro atoms. The maximum atomic E-state index is 11.1. The van der Waals surface area contributed by atoms with Gasteiger partial charge < -0.3 is 10.4 Å². The summed E-state index contributed by atoms with van der Waals surface area (Å²) in [6.45, 7) is 0. The van der Waals surface area contributed by atoms with Gasteiger partial charge in [-0.15, -0.1) is 0 Å². The molecule has 1 aromatic carbocycles. The van der Waals surface area contributed by atoms with Crippen LogP contribution in [0.4, 0.5) is 0 Å². The molecule has 0 aromatic heterocycles. The van der Waals surface area contributed by atoms with Gasteiger partial charge in [-0.25, -0.2) is 0 Å². The Morgan fingerprint density at radius 2 is 2.08 bits per heavy atom. The van der Waals surface area contributed by atoms with Gasteiger partial charge in [0, 0.05) is 11.1 Å². The number of hydrogen-bond acceptors (Lipinski definition) is 3. The Balaban J connectivity index is 2.66. The number of carbonyl (C=O) groups excluding carboxylic acids is 1. The van der Waals surface area contributed by atoms with Crippen LogP contribution in [0.15, 0.2) is 24.3 Å². The van der Waals surface area contributed by atoms with Crippen molar-refractivity contribution in [1.82, 2.24) is 5.32 Å². The average molecular weight is 164 g/mol. The number of carbonyl (C=O) groups is 1. The first-order valence-electron chi connectivity index (χ1n) is 3.54. The Morgan fingerprint density at radius 3 is 2.75 bits per heavy atom. The summed E-state index contributed by atoms with van der Waals surface area (Å²) < 4.78 is 0. The van der Waals surface area contributed by atoms with Crippen molar-refractivity contribution in [2.45, 2.75) is 5.85 Å². The zero-order valence-corrected chi connectivity index (χ0v) is 6.24. The first-order chi connectivity index (χ1) is 5.61. The van der Waals surface area contributed by atoms with Crippen molar-refractivity contribution in [3.8, 4) is 0 Å². The fourth-order valence-corrected chi connectivity index (χ4v) is 1.32. The summed E-state index contributed by atoms with van der Waals surface area (Å²) in [6.07, 6.45) is 0. The van der Waals surface area contributed by atoms with Crippen LogP contribution in [-0.4, -0.2) is 11.0 Å². The van der Waals surface area contributed by atoms with Crippen molar-refractivity contribution in [3.63, 3.8) is 0 Å². The quantitative estimate of drug-likeness (QED) is 0.452. The van der Waals surface area contributed by atoms with Crippen LogP contribution in [0.5, 0.6) is 0 Å². The molecular formula is C8H8N2O2. The predicted octanol–water partition coefficient (Wildman–Crippen LogP) is -0.509. The Bertz CT molecular complexity index is 347. The summed E-state index contributed by atoms with van der Waals surface area (Å²) in [5.74, 6) is -2.04. The van der Waals surface area contributed by atoms with E-state index in [9.17, 15) is 9.90 Å². The Morgan fingerprint density at radius 1 is 1.42 bits per heavy atom. The molecule has 1 aromatic rings. The Labute approximate surface area is 69.0 Å². The molecule has 4 nitrogen and oxygen atoms in total. The lowest BCUT2D eigenvalue weighted by Gasteiger charge is -2.16. The van der Waals surface area contributed by atoms with Crippen LogP contribution in [0.25, 0.3) is 0 Å². The van der Waals surface area contributed by atoms with E-state index in [2.05, 4.69) is 5.32 Å². The molecule has 4 N–H and O–H groups in total. The number of benzene rings is 1. The first kappa shape index (κ1) is 7.27. The molecule has 0 saturated carbocycles. The molecule has 0 saturated heterocycles. The van der Waals surface area contributed by atoms with E-state index in [0.717, 1.165) is 0 Å². The zero-order valence-electron chi connectivity index (χ0n) is 6.24. The lowest BCUT2D eigenvalue weighted by atomic mass is 10.1. The maximum absolute atomic E-state index is 11.1. The van der Waals surface area contributed by atoms with Gasteiger partial charge in [0.25, 0.3) is 5.91 Å². The number of nitrogens with two attached hydrogens (primary N) is 1. The second-order valence-corrected chi connectivity index (χ2v) is 2.77. The van der Waals surface area contributed by atoms with Crippen LogP contribution >= 0.6 is 0 Å². The molecule has 1 heterocycles. The molecule has 1 aliphatic rings. The van der Waals surface area contributed by atoms with Crippen LogP contribution in [0, 0.1) is 0 Å². The van der Waals surface area contributed by atoms with Gasteiger partial charge in [-0.1, -0.05) is 18.2 Å². The number of nitrogens with one attached hydrogen (secondary N) is 1. The smallest absolute Gasteiger partial charge is 0.255 e. The van der Waals surface area contributed by atoms with E-state index in [-0.39, 0.29) is 5.91 Å². The topological polar surface area (TPSA) is 75.3 Å². The van der Waals surface area contributed by atoms with E-state index in [1.165, 1.54) is 0 Å². The van der Waals surface area contributed by atoms with Crippen molar-refractivity contribution < 1.29 is 9.90 Å². The van der Waals surface area contributed by atoms with Crippen molar-refractivity contribution in [2.24, 2.45) is 5.73 Å². The van der Waals surface area contributed by atoms with Gasteiger partial charge in [0.15, 0.2) is 0 Å². The van der Waals surface area contributed by atoms with Gasteiger partial charge in [0.2, 0.25) is 5.85 Å². The van der Waals surface area contributed by atoms with Gasteiger partial charge >= 0.3 is 0 Å². The first-order valence-corrected chi connectivity index (χ1v) is 3.54. The second-order valence-electron chi connectivity index (χ2n) is 2.77. The number of amides is 1. The highest BCUT2D eigenvalue weighted by Crippen LogP contribution is 2.23. The number of rotatable bonds is 0. The van der Waals surface area contributed by atoms with Crippen molar-refractivity contribution >= 4 is 5.91 Å². The lowest BCUT2D eigenvalue weighted by Crippen LogP contribution is -2.47. The molecule has 4 heteroatoms. The third-order valence-electron chi connectivity index (χ3n) is 1.89. The predicted molar refractivity (Wildman–Crippen MR) is 42.0 cm³/mol. The Hall–Kier alpha value is -1.39. The van der Waals surface area contributed by atoms with E-state index in [0.29, 0.717) is 11.1 Å². The highest BCUT2D eigenvalue weighted by molar-refractivity contribution is 5.99. The van der Waals surface area contributed by atoms with E-state index in [1.54, 1.807) is 24.3 Å². The molecule has 1 aliphatic heterocycles. The van der Waals surface area contributed by atoms with E-state index < -0.39 is 5.85 Å². The maximum Gasteiger partial charge on any atom is 0.255 e. The molecule has 0 fully saturated rings. The molecule has 0 radical (unpaired) electrons. The van der Waals surface area contributed by atoms with Gasteiger partial charge in [-0.2, -0.15) is 0 Å². The number of hydrogen-bond donors (Lipinski definition) is 3. The normalized spacial score (nSPS) is 26.7. The van der Waals surface area contributed by atoms with E-state index in [4.69, 9.17) is 5.73 Å². The van der Waals surface area contributed by atoms with Crippen LogP contribution in [-0.2, 0) is 5.85 Å². The molecular weight excluding hydrogens is 156 g/mol. The zero-order chi connectivity index (χ0) is 8.77. The third-order valence-corrected chi connectivity index (χ3v) is 1.89. The standard InChI is InChI=1S/C8H8N2O2/c9-8(12)6-4-2-1-3-5(6)7(11)10-8/h1-4,12H,9H2,(H,10,11). The lowest BCUT2D eigenvalue weighted by molar-refractivity contribution is 0.0190. The molecule has 0 aliphatic carbocycles. The minimum Gasteiger partial charge on any atom is -0.355 e. The van der Waals surface area contributed by atoms with Crippen LogP contribution < -0.4 is 11.1 Å². The number of fused-ring (bicyclic) bond motifs is 1. The fraction of sp³-hybridized carbons (Fsp3) is 0.125. The molecule has 12 heavy (non-hydrogen) atoms. The highest BCUT2D eigenvalue weighted by atomic mass is 16.3. The fourth-order valence-electron chi connectivity index (χ4n) is 1.32. The van der Waals surface area contributed by atoms with Crippen LogP contribution in [0.3, 0.4) is 0 Å². The summed E-state index contributed by atoms with van der Waals surface area (Å²) in [5.41, 5.74) is 6.26. The molecule has 62 valence electrons. The molecule has 1 unspecified atom stereocenters. The van der Waals surface area contributed by atoms with Crippen LogP contribution in [0.2, 0.25) is 0 Å². The van der Waals surface area contributed by atoms with Crippen molar-refractivity contribution in [1.29, 1.82) is 0 Å². The van der Waals surface area contributed by atoms with Crippen LogP contribution in [0.1, 0.15) is 15.9 Å². The van der Waals surface area contributed by atoms with Gasteiger partial charge in [0.05, 0.1) is 0 Å². The van der Waals surface area contributed by atoms with Gasteiger partial charge in [0.1, 0.15) is 0 Å². The summed E-state index contributed by atoms with van der Waals surface area (Å²) in [6, 6.07) is 6.68. The molecule has 1 atom stereocenters. The third kappa shape index (κ3) is 0.823. The summed E-state index contributed by atoms with van der Waals surface area (Å²) in [4.78, 5) is 11.1. The molecule has 2 rings (SSSR count). The summed E-state index contributed by atoms with van der Waals surface area (Å²) in [7, 11) is 0. The van der Waals surface area contributed by atoms with E-state index in [1.807, 2.05) is 0 Å². The number of aliphatic hydroxyl groups is 1. The summed E-state index contributed by atoms with van der Waals surface area (Å²) in [5, 5.41) is 11.7. The SMILES string of the molecule is NC1(O)NC(=O)c2ccccc21. The van der Waals surface area contributed by atoms with Crippen molar-refractivity contribution in [3.05, 3.63) is 35.4 Å². The largest absolute Gasteiger partial charge is 0.355 e. The van der Waals surface area contributed by atoms with Crippen molar-refractivity contribution in [2.75, 3.05) is 0 Å². The average Bonchev–Trinajstić information content (AvgIpc) is 2.25. The summed E-state index contributed by atoms with van der Waals surface area (Å²) >= 11 is 0. The Kier molecular flexibility index (Phi) is 1.25. The monoisotopic (exact) mass is 164 g/mol. The molecule has 0 bridgehead atoms. The minimum atomic E-state index is -1.70. The van der Waals surface area contributed by atoms with Gasteiger partial charge in [-0.3, -0.25) is 10.5 Å². The highest BCUT2D eigenvalue weighted by Gasteiger charge is 2.37. The second kappa shape index (κ2) is 2.06. The molecule has 1 amide bonds.